The van der Waals surface area contributed by atoms with Crippen LogP contribution in [0, 0.1) is 0 Å². The second kappa shape index (κ2) is 5.32. The van der Waals surface area contributed by atoms with Crippen LogP contribution in [0.15, 0.2) is 12.2 Å². The lowest BCUT2D eigenvalue weighted by Crippen LogP contribution is -1.99. The van der Waals surface area contributed by atoms with Gasteiger partial charge in [0.15, 0.2) is 0 Å². The summed E-state index contributed by atoms with van der Waals surface area (Å²) in [7, 11) is -3.80. The molecule has 0 saturated carbocycles. The lowest BCUT2D eigenvalue weighted by molar-refractivity contribution is 0.486. The van der Waals surface area contributed by atoms with Crippen molar-refractivity contribution in [1.29, 1.82) is 0 Å². The van der Waals surface area contributed by atoms with Gasteiger partial charge in [0.2, 0.25) is 0 Å². The van der Waals surface area contributed by atoms with Crippen LogP contribution in [-0.2, 0) is 10.1 Å². The van der Waals surface area contributed by atoms with Crippen LogP contribution in [0.3, 0.4) is 0 Å². The summed E-state index contributed by atoms with van der Waals surface area (Å²) in [6.07, 6.45) is 6.28. The molecule has 0 rings (SSSR count). The summed E-state index contributed by atoms with van der Waals surface area (Å²) in [5.41, 5.74) is 0. The van der Waals surface area contributed by atoms with E-state index in [9.17, 15) is 8.42 Å². The van der Waals surface area contributed by atoms with E-state index in [2.05, 4.69) is 6.92 Å². The minimum absolute atomic E-state index is 0.267. The molecule has 11 heavy (non-hydrogen) atoms. The Hall–Kier alpha value is -0.350. The molecule has 0 aromatic heterocycles. The maximum atomic E-state index is 10.2. The summed E-state index contributed by atoms with van der Waals surface area (Å²) in [5, 5.41) is 0. The zero-order valence-corrected chi connectivity index (χ0v) is 7.47. The average molecular weight is 178 g/mol. The molecule has 0 fully saturated rings. The second-order valence-corrected chi connectivity index (χ2v) is 3.86. The molecule has 0 saturated heterocycles. The van der Waals surface area contributed by atoms with E-state index in [0.717, 1.165) is 19.3 Å². The average Bonchev–Trinajstić information content (AvgIpc) is 1.85. The van der Waals surface area contributed by atoms with Gasteiger partial charge in [-0.3, -0.25) is 4.55 Å². The van der Waals surface area contributed by atoms with Crippen molar-refractivity contribution < 1.29 is 13.0 Å². The first-order valence-corrected chi connectivity index (χ1v) is 5.27. The molecule has 0 bridgehead atoms. The van der Waals surface area contributed by atoms with Gasteiger partial charge in [-0.2, -0.15) is 8.42 Å². The Bertz CT molecular complexity index is 204. The largest absolute Gasteiger partial charge is 0.285 e. The molecule has 4 heteroatoms. The zero-order chi connectivity index (χ0) is 8.74. The number of rotatable bonds is 5. The highest BCUT2D eigenvalue weighted by Crippen LogP contribution is 1.95. The summed E-state index contributed by atoms with van der Waals surface area (Å²) in [4.78, 5) is 0. The van der Waals surface area contributed by atoms with Crippen molar-refractivity contribution in [2.75, 3.05) is 5.75 Å². The standard InChI is InChI=1S/C7H14O3S/c1-2-3-4-5-6-7-11(8,9)10/h5-6H,2-4,7H2,1H3,(H,8,9,10). The van der Waals surface area contributed by atoms with E-state index in [4.69, 9.17) is 4.55 Å². The molecule has 0 unspecified atom stereocenters. The Labute approximate surface area is 67.9 Å². The van der Waals surface area contributed by atoms with E-state index in [-0.39, 0.29) is 5.75 Å². The number of allylic oxidation sites excluding steroid dienone is 1. The van der Waals surface area contributed by atoms with Crippen molar-refractivity contribution >= 4 is 10.1 Å². The second-order valence-electron chi connectivity index (χ2n) is 2.36. The smallest absolute Gasteiger partial charge is 0.268 e. The molecule has 1 N–H and O–H groups in total. The minimum Gasteiger partial charge on any atom is -0.285 e. The molecule has 0 spiro atoms. The third-order valence-electron chi connectivity index (χ3n) is 1.20. The summed E-state index contributed by atoms with van der Waals surface area (Å²) in [5.74, 6) is -0.267. The van der Waals surface area contributed by atoms with Crippen LogP contribution in [0.4, 0.5) is 0 Å². The van der Waals surface area contributed by atoms with Crippen LogP contribution >= 0.6 is 0 Å². The predicted molar refractivity (Wildman–Crippen MR) is 45.1 cm³/mol. The molecule has 0 heterocycles. The quantitative estimate of drug-likeness (QED) is 0.395. The molecule has 66 valence electrons. The topological polar surface area (TPSA) is 54.4 Å². The first-order valence-electron chi connectivity index (χ1n) is 3.66. The summed E-state index contributed by atoms with van der Waals surface area (Å²) in [6.45, 7) is 2.07. The van der Waals surface area contributed by atoms with Crippen LogP contribution in [0.25, 0.3) is 0 Å². The van der Waals surface area contributed by atoms with Gasteiger partial charge in [-0.15, -0.1) is 0 Å². The van der Waals surface area contributed by atoms with Crippen LogP contribution in [-0.4, -0.2) is 18.7 Å². The third kappa shape index (κ3) is 9.65. The molecule has 3 nitrogen and oxygen atoms in total. The highest BCUT2D eigenvalue weighted by atomic mass is 32.2. The van der Waals surface area contributed by atoms with Gasteiger partial charge in [-0.25, -0.2) is 0 Å². The zero-order valence-electron chi connectivity index (χ0n) is 6.66. The Morgan fingerprint density at radius 3 is 2.45 bits per heavy atom. The fraction of sp³-hybridized carbons (Fsp3) is 0.714. The Kier molecular flexibility index (Phi) is 5.15. The van der Waals surface area contributed by atoms with Crippen molar-refractivity contribution in [2.45, 2.75) is 26.2 Å². The van der Waals surface area contributed by atoms with Crippen LogP contribution in [0.1, 0.15) is 26.2 Å². The lowest BCUT2D eigenvalue weighted by Gasteiger charge is -1.89. The van der Waals surface area contributed by atoms with E-state index >= 15 is 0 Å². The van der Waals surface area contributed by atoms with Crippen molar-refractivity contribution in [3.8, 4) is 0 Å². The summed E-state index contributed by atoms with van der Waals surface area (Å²) >= 11 is 0. The molecule has 0 aromatic rings. The van der Waals surface area contributed by atoms with Gasteiger partial charge in [0, 0.05) is 0 Å². The number of hydrogen-bond donors (Lipinski definition) is 1. The summed E-state index contributed by atoms with van der Waals surface area (Å²) in [6, 6.07) is 0. The fourth-order valence-electron chi connectivity index (χ4n) is 0.629. The van der Waals surface area contributed by atoms with Gasteiger partial charge in [0.05, 0.1) is 5.75 Å². The van der Waals surface area contributed by atoms with Crippen LogP contribution in [0.2, 0.25) is 0 Å². The van der Waals surface area contributed by atoms with Gasteiger partial charge >= 0.3 is 0 Å². The monoisotopic (exact) mass is 178 g/mol. The first-order chi connectivity index (χ1) is 5.06. The molecular formula is C7H14O3S. The van der Waals surface area contributed by atoms with E-state index in [1.807, 2.05) is 0 Å². The van der Waals surface area contributed by atoms with Gasteiger partial charge < -0.3 is 0 Å². The normalized spacial score (nSPS) is 12.5. The third-order valence-corrected chi connectivity index (χ3v) is 1.81. The van der Waals surface area contributed by atoms with Crippen molar-refractivity contribution in [3.63, 3.8) is 0 Å². The van der Waals surface area contributed by atoms with Crippen molar-refractivity contribution in [1.82, 2.24) is 0 Å². The minimum atomic E-state index is -3.80. The Morgan fingerprint density at radius 2 is 2.00 bits per heavy atom. The number of unbranched alkanes of at least 4 members (excludes halogenated alkanes) is 2. The highest BCUT2D eigenvalue weighted by molar-refractivity contribution is 7.85. The molecular weight excluding hydrogens is 164 g/mol. The van der Waals surface area contributed by atoms with Crippen LogP contribution < -0.4 is 0 Å². The molecule has 0 aliphatic carbocycles. The van der Waals surface area contributed by atoms with Crippen LogP contribution in [0.5, 0.6) is 0 Å². The highest BCUT2D eigenvalue weighted by Gasteiger charge is 1.97. The van der Waals surface area contributed by atoms with Gasteiger partial charge in [-0.05, 0) is 6.42 Å². The SMILES string of the molecule is CCCCC=CCS(=O)(=O)O. The van der Waals surface area contributed by atoms with E-state index in [1.165, 1.54) is 6.08 Å². The number of hydrogen-bond acceptors (Lipinski definition) is 2. The van der Waals surface area contributed by atoms with Gasteiger partial charge in [0.1, 0.15) is 0 Å². The van der Waals surface area contributed by atoms with Gasteiger partial charge in [0.25, 0.3) is 10.1 Å². The Morgan fingerprint density at radius 1 is 1.36 bits per heavy atom. The maximum Gasteiger partial charge on any atom is 0.268 e. The van der Waals surface area contributed by atoms with Crippen molar-refractivity contribution in [2.24, 2.45) is 0 Å². The fourth-order valence-corrected chi connectivity index (χ4v) is 1.01. The predicted octanol–water partition coefficient (Wildman–Crippen LogP) is 1.62. The molecule has 0 atom stereocenters. The molecule has 0 aromatic carbocycles. The first kappa shape index (κ1) is 10.7. The molecule has 0 aliphatic rings. The van der Waals surface area contributed by atoms with E-state index in [0.29, 0.717) is 0 Å². The maximum absolute atomic E-state index is 10.2. The van der Waals surface area contributed by atoms with E-state index in [1.54, 1.807) is 6.08 Å². The molecule has 0 aliphatic heterocycles. The summed E-state index contributed by atoms with van der Waals surface area (Å²) < 4.78 is 28.6. The van der Waals surface area contributed by atoms with Gasteiger partial charge in [-0.1, -0.05) is 31.9 Å². The van der Waals surface area contributed by atoms with Crippen molar-refractivity contribution in [3.05, 3.63) is 12.2 Å². The van der Waals surface area contributed by atoms with E-state index < -0.39 is 10.1 Å². The lowest BCUT2D eigenvalue weighted by atomic mass is 10.2. The molecule has 0 radical (unpaired) electrons. The Balaban J connectivity index is 3.46. The molecule has 0 amide bonds.